The van der Waals surface area contributed by atoms with E-state index in [2.05, 4.69) is 10.1 Å². The third-order valence-electron chi connectivity index (χ3n) is 2.78. The van der Waals surface area contributed by atoms with Gasteiger partial charge in [-0.05, 0) is 35.9 Å². The van der Waals surface area contributed by atoms with Crippen molar-refractivity contribution >= 4 is 29.1 Å². The van der Waals surface area contributed by atoms with Crippen molar-refractivity contribution in [3.63, 3.8) is 0 Å². The summed E-state index contributed by atoms with van der Waals surface area (Å²) in [5.41, 5.74) is 0.905. The molecule has 0 spiro atoms. The third-order valence-corrected chi connectivity index (χ3v) is 3.36. The van der Waals surface area contributed by atoms with Crippen molar-refractivity contribution in [2.45, 2.75) is 13.2 Å². The van der Waals surface area contributed by atoms with Crippen molar-refractivity contribution < 1.29 is 18.3 Å². The lowest BCUT2D eigenvalue weighted by molar-refractivity contribution is -0.0498. The normalized spacial score (nSPS) is 10.6. The van der Waals surface area contributed by atoms with Crippen molar-refractivity contribution in [2.75, 3.05) is 0 Å². The quantitative estimate of drug-likeness (QED) is 0.864. The van der Waals surface area contributed by atoms with E-state index < -0.39 is 12.5 Å². The van der Waals surface area contributed by atoms with Crippen LogP contribution in [0.15, 0.2) is 42.5 Å². The molecule has 0 radical (unpaired) electrons. The fourth-order valence-corrected chi connectivity index (χ4v) is 2.23. The molecule has 0 aromatic heterocycles. The third kappa shape index (κ3) is 4.58. The molecular formula is C15H11Cl2F2NO2. The van der Waals surface area contributed by atoms with E-state index in [-0.39, 0.29) is 17.9 Å². The van der Waals surface area contributed by atoms with Crippen LogP contribution < -0.4 is 10.1 Å². The average molecular weight is 346 g/mol. The van der Waals surface area contributed by atoms with E-state index >= 15 is 0 Å². The molecule has 0 saturated heterocycles. The largest absolute Gasteiger partial charge is 0.435 e. The average Bonchev–Trinajstić information content (AvgIpc) is 2.45. The first-order valence-corrected chi connectivity index (χ1v) is 6.98. The number of benzene rings is 2. The number of ether oxygens (including phenoxy) is 1. The van der Waals surface area contributed by atoms with Crippen LogP contribution in [0.1, 0.15) is 15.9 Å². The molecule has 0 bridgehead atoms. The second-order valence-corrected chi connectivity index (χ2v) is 5.17. The van der Waals surface area contributed by atoms with Crippen LogP contribution >= 0.6 is 23.2 Å². The zero-order chi connectivity index (χ0) is 16.1. The molecule has 0 atom stereocenters. The lowest BCUT2D eigenvalue weighted by atomic mass is 10.2. The molecule has 1 amide bonds. The highest BCUT2D eigenvalue weighted by Crippen LogP contribution is 2.21. The fourth-order valence-electron chi connectivity index (χ4n) is 1.76. The molecule has 0 aliphatic heterocycles. The number of hydrogen-bond donors (Lipinski definition) is 1. The maximum absolute atomic E-state index is 12.2. The summed E-state index contributed by atoms with van der Waals surface area (Å²) in [6, 6.07) is 10.5. The summed E-state index contributed by atoms with van der Waals surface area (Å²) >= 11 is 11.8. The van der Waals surface area contributed by atoms with Crippen molar-refractivity contribution in [1.29, 1.82) is 0 Å². The summed E-state index contributed by atoms with van der Waals surface area (Å²) in [6.45, 7) is -2.75. The molecule has 7 heteroatoms. The Kier molecular flexibility index (Phi) is 5.57. The molecule has 3 nitrogen and oxygen atoms in total. The van der Waals surface area contributed by atoms with Gasteiger partial charge in [-0.25, -0.2) is 0 Å². The van der Waals surface area contributed by atoms with E-state index in [1.165, 1.54) is 24.3 Å². The molecule has 0 aliphatic carbocycles. The van der Waals surface area contributed by atoms with Gasteiger partial charge in [-0.15, -0.1) is 0 Å². The minimum absolute atomic E-state index is 0.0767. The van der Waals surface area contributed by atoms with Gasteiger partial charge in [0.2, 0.25) is 0 Å². The van der Waals surface area contributed by atoms with Crippen LogP contribution in [0.25, 0.3) is 0 Å². The van der Waals surface area contributed by atoms with E-state index in [4.69, 9.17) is 23.2 Å². The Labute approximate surface area is 135 Å². The second-order valence-electron chi connectivity index (χ2n) is 4.32. The lowest BCUT2D eigenvalue weighted by Crippen LogP contribution is -2.23. The van der Waals surface area contributed by atoms with Gasteiger partial charge < -0.3 is 10.1 Å². The highest BCUT2D eigenvalue weighted by Gasteiger charge is 2.10. The predicted molar refractivity (Wildman–Crippen MR) is 80.7 cm³/mol. The molecule has 22 heavy (non-hydrogen) atoms. The zero-order valence-corrected chi connectivity index (χ0v) is 12.7. The highest BCUT2D eigenvalue weighted by molar-refractivity contribution is 6.35. The summed E-state index contributed by atoms with van der Waals surface area (Å²) in [5, 5.41) is 3.58. The summed E-state index contributed by atoms with van der Waals surface area (Å²) in [7, 11) is 0. The first-order chi connectivity index (χ1) is 10.5. The fraction of sp³-hybridized carbons (Fsp3) is 0.133. The molecule has 116 valence electrons. The van der Waals surface area contributed by atoms with Gasteiger partial charge in [-0.1, -0.05) is 35.3 Å². The Bertz CT molecular complexity index is 680. The van der Waals surface area contributed by atoms with Crippen LogP contribution in [0.4, 0.5) is 8.78 Å². The molecule has 2 rings (SSSR count). The summed E-state index contributed by atoms with van der Waals surface area (Å²) < 4.78 is 28.6. The molecule has 0 saturated carbocycles. The van der Waals surface area contributed by atoms with Crippen LogP contribution in [-0.4, -0.2) is 12.5 Å². The van der Waals surface area contributed by atoms with Crippen LogP contribution in [-0.2, 0) is 6.54 Å². The maximum Gasteiger partial charge on any atom is 0.387 e. The number of halogens is 4. The van der Waals surface area contributed by atoms with E-state index in [0.29, 0.717) is 15.6 Å². The minimum atomic E-state index is -2.94. The molecule has 1 N–H and O–H groups in total. The first kappa shape index (κ1) is 16.5. The second kappa shape index (κ2) is 7.42. The monoisotopic (exact) mass is 345 g/mol. The van der Waals surface area contributed by atoms with Crippen LogP contribution in [0, 0.1) is 0 Å². The first-order valence-electron chi connectivity index (χ1n) is 6.22. The van der Waals surface area contributed by atoms with E-state index in [0.717, 1.165) is 0 Å². The lowest BCUT2D eigenvalue weighted by Gasteiger charge is -2.09. The Morgan fingerprint density at radius 2 is 1.95 bits per heavy atom. The molecular weight excluding hydrogens is 335 g/mol. The number of carbonyl (C=O) groups excluding carboxylic acids is 1. The molecule has 2 aromatic rings. The Balaban J connectivity index is 2.03. The van der Waals surface area contributed by atoms with Gasteiger partial charge in [-0.3, -0.25) is 4.79 Å². The van der Waals surface area contributed by atoms with Gasteiger partial charge in [0.05, 0.1) is 0 Å². The van der Waals surface area contributed by atoms with Gasteiger partial charge in [0.15, 0.2) is 0 Å². The van der Waals surface area contributed by atoms with Crippen molar-refractivity contribution in [3.05, 3.63) is 63.6 Å². The molecule has 0 aliphatic rings. The number of rotatable bonds is 5. The van der Waals surface area contributed by atoms with Gasteiger partial charge >= 0.3 is 6.61 Å². The Morgan fingerprint density at radius 1 is 1.18 bits per heavy atom. The van der Waals surface area contributed by atoms with Crippen molar-refractivity contribution in [1.82, 2.24) is 5.32 Å². The van der Waals surface area contributed by atoms with E-state index in [1.54, 1.807) is 18.2 Å². The smallest absolute Gasteiger partial charge is 0.387 e. The highest BCUT2D eigenvalue weighted by atomic mass is 35.5. The zero-order valence-electron chi connectivity index (χ0n) is 11.2. The van der Waals surface area contributed by atoms with Crippen LogP contribution in [0.5, 0.6) is 5.75 Å². The SMILES string of the molecule is O=C(NCc1ccc(Cl)cc1Cl)c1cccc(OC(F)F)c1. The Hall–Kier alpha value is -1.85. The number of alkyl halides is 2. The molecule has 2 aromatic carbocycles. The van der Waals surface area contributed by atoms with Crippen LogP contribution in [0.3, 0.4) is 0 Å². The van der Waals surface area contributed by atoms with Gasteiger partial charge in [0.1, 0.15) is 5.75 Å². The molecule has 0 unspecified atom stereocenters. The van der Waals surface area contributed by atoms with Crippen molar-refractivity contribution in [2.24, 2.45) is 0 Å². The molecule has 0 heterocycles. The summed E-state index contributed by atoms with van der Waals surface area (Å²) in [4.78, 5) is 12.0. The molecule has 0 fully saturated rings. The minimum Gasteiger partial charge on any atom is -0.435 e. The number of nitrogens with one attached hydrogen (secondary N) is 1. The number of amides is 1. The summed E-state index contributed by atoms with van der Waals surface area (Å²) in [5.74, 6) is -0.502. The van der Waals surface area contributed by atoms with Gasteiger partial charge in [0.25, 0.3) is 5.91 Å². The predicted octanol–water partition coefficient (Wildman–Crippen LogP) is 4.52. The van der Waals surface area contributed by atoms with Crippen molar-refractivity contribution in [3.8, 4) is 5.75 Å². The topological polar surface area (TPSA) is 38.3 Å². The van der Waals surface area contributed by atoms with Gasteiger partial charge in [0, 0.05) is 22.2 Å². The van der Waals surface area contributed by atoms with Gasteiger partial charge in [-0.2, -0.15) is 8.78 Å². The maximum atomic E-state index is 12.2. The van der Waals surface area contributed by atoms with E-state index in [1.807, 2.05) is 0 Å². The summed E-state index contributed by atoms with van der Waals surface area (Å²) in [6.07, 6.45) is 0. The Morgan fingerprint density at radius 3 is 2.64 bits per heavy atom. The standard InChI is InChI=1S/C15H11Cl2F2NO2/c16-11-5-4-10(13(17)7-11)8-20-14(21)9-2-1-3-12(6-9)22-15(18)19/h1-7,15H,8H2,(H,20,21). The van der Waals surface area contributed by atoms with E-state index in [9.17, 15) is 13.6 Å². The number of hydrogen-bond acceptors (Lipinski definition) is 2. The number of carbonyl (C=O) groups is 1. The van der Waals surface area contributed by atoms with Crippen LogP contribution in [0.2, 0.25) is 10.0 Å².